The zero-order chi connectivity index (χ0) is 19.3. The molecule has 142 valence electrons. The highest BCUT2D eigenvalue weighted by molar-refractivity contribution is 5.94. The molecule has 1 unspecified atom stereocenters. The zero-order valence-corrected chi connectivity index (χ0v) is 15.6. The molecule has 0 spiro atoms. The van der Waals surface area contributed by atoms with Crippen molar-refractivity contribution in [3.63, 3.8) is 0 Å². The van der Waals surface area contributed by atoms with Crippen LogP contribution in [0.3, 0.4) is 0 Å². The van der Waals surface area contributed by atoms with Gasteiger partial charge in [0.2, 0.25) is 0 Å². The molecular weight excluding hydrogens is 354 g/mol. The number of rotatable bonds is 5. The Kier molecular flexibility index (Phi) is 5.25. The molecule has 28 heavy (non-hydrogen) atoms. The summed E-state index contributed by atoms with van der Waals surface area (Å²) >= 11 is 0. The molecule has 7 heteroatoms. The van der Waals surface area contributed by atoms with Gasteiger partial charge in [-0.25, -0.2) is 9.97 Å². The largest absolute Gasteiger partial charge is 0.368 e. The van der Waals surface area contributed by atoms with Crippen LogP contribution in [-0.2, 0) is 9.53 Å². The first-order valence-corrected chi connectivity index (χ1v) is 9.23. The molecule has 1 aromatic carbocycles. The summed E-state index contributed by atoms with van der Waals surface area (Å²) in [5, 5.41) is 6.18. The van der Waals surface area contributed by atoms with Gasteiger partial charge in [-0.15, -0.1) is 0 Å². The van der Waals surface area contributed by atoms with E-state index in [1.165, 1.54) is 0 Å². The van der Waals surface area contributed by atoms with Crippen molar-refractivity contribution in [3.8, 4) is 11.4 Å². The van der Waals surface area contributed by atoms with Gasteiger partial charge >= 0.3 is 0 Å². The number of aryl methyl sites for hydroxylation is 1. The lowest BCUT2D eigenvalue weighted by Gasteiger charge is -2.12. The Labute approximate surface area is 163 Å². The Morgan fingerprint density at radius 3 is 2.54 bits per heavy atom. The maximum atomic E-state index is 12.1. The number of aromatic nitrogens is 3. The van der Waals surface area contributed by atoms with E-state index in [-0.39, 0.29) is 12.0 Å². The van der Waals surface area contributed by atoms with Crippen molar-refractivity contribution in [2.45, 2.75) is 25.9 Å². The fourth-order valence-corrected chi connectivity index (χ4v) is 3.05. The van der Waals surface area contributed by atoms with E-state index in [0.29, 0.717) is 18.2 Å². The molecule has 4 rings (SSSR count). The maximum Gasteiger partial charge on any atom is 0.253 e. The summed E-state index contributed by atoms with van der Waals surface area (Å²) in [5.41, 5.74) is 3.38. The molecule has 1 amide bonds. The molecule has 7 nitrogen and oxygen atoms in total. The number of hydrogen-bond acceptors (Lipinski definition) is 6. The minimum atomic E-state index is -0.339. The second kappa shape index (κ2) is 8.14. The van der Waals surface area contributed by atoms with Crippen LogP contribution in [0.5, 0.6) is 0 Å². The normalized spacial score (nSPS) is 16.0. The van der Waals surface area contributed by atoms with Crippen LogP contribution in [0.15, 0.2) is 54.9 Å². The van der Waals surface area contributed by atoms with Gasteiger partial charge in [-0.2, -0.15) is 0 Å². The van der Waals surface area contributed by atoms with Crippen molar-refractivity contribution in [1.82, 2.24) is 15.0 Å². The Morgan fingerprint density at radius 2 is 1.82 bits per heavy atom. The Balaban J connectivity index is 1.45. The summed E-state index contributed by atoms with van der Waals surface area (Å²) in [6.07, 6.45) is 4.81. The second-order valence-corrected chi connectivity index (χ2v) is 6.65. The molecule has 0 bridgehead atoms. The average molecular weight is 375 g/mol. The standard InChI is InChI=1S/C21H21N5O2/c1-14-13-19(26-20(23-14)15-8-10-22-11-9-15)24-16-4-6-17(7-5-16)25-21(27)18-3-2-12-28-18/h4-11,13,18H,2-3,12H2,1H3,(H,25,27)(H,23,24,26). The van der Waals surface area contributed by atoms with Crippen molar-refractivity contribution < 1.29 is 9.53 Å². The average Bonchev–Trinajstić information content (AvgIpc) is 3.25. The number of benzene rings is 1. The Morgan fingerprint density at radius 1 is 1.07 bits per heavy atom. The summed E-state index contributed by atoms with van der Waals surface area (Å²) in [6, 6.07) is 13.1. The summed E-state index contributed by atoms with van der Waals surface area (Å²) in [6.45, 7) is 2.59. The van der Waals surface area contributed by atoms with E-state index in [1.54, 1.807) is 12.4 Å². The number of pyridine rings is 1. The molecule has 1 aliphatic rings. The van der Waals surface area contributed by atoms with Crippen molar-refractivity contribution >= 4 is 23.1 Å². The molecule has 0 radical (unpaired) electrons. The first kappa shape index (κ1) is 18.1. The predicted molar refractivity (Wildman–Crippen MR) is 107 cm³/mol. The first-order valence-electron chi connectivity index (χ1n) is 9.23. The third-order valence-electron chi connectivity index (χ3n) is 4.44. The lowest BCUT2D eigenvalue weighted by molar-refractivity contribution is -0.124. The maximum absolute atomic E-state index is 12.1. The van der Waals surface area contributed by atoms with Crippen LogP contribution in [0.25, 0.3) is 11.4 Å². The highest BCUT2D eigenvalue weighted by atomic mass is 16.5. The zero-order valence-electron chi connectivity index (χ0n) is 15.6. The minimum absolute atomic E-state index is 0.0911. The number of nitrogens with one attached hydrogen (secondary N) is 2. The third-order valence-corrected chi connectivity index (χ3v) is 4.44. The van der Waals surface area contributed by atoms with Gasteiger partial charge in [-0.1, -0.05) is 0 Å². The topological polar surface area (TPSA) is 89.0 Å². The molecule has 3 heterocycles. The highest BCUT2D eigenvalue weighted by Crippen LogP contribution is 2.22. The van der Waals surface area contributed by atoms with Crippen LogP contribution in [0, 0.1) is 6.92 Å². The molecule has 1 saturated heterocycles. The van der Waals surface area contributed by atoms with Crippen LogP contribution in [0.4, 0.5) is 17.2 Å². The van der Waals surface area contributed by atoms with E-state index in [0.717, 1.165) is 35.5 Å². The minimum Gasteiger partial charge on any atom is -0.368 e. The van der Waals surface area contributed by atoms with Gasteiger partial charge < -0.3 is 15.4 Å². The van der Waals surface area contributed by atoms with E-state index >= 15 is 0 Å². The molecule has 1 atom stereocenters. The molecule has 2 N–H and O–H groups in total. The molecule has 0 saturated carbocycles. The van der Waals surface area contributed by atoms with Crippen molar-refractivity contribution in [2.75, 3.05) is 17.2 Å². The molecule has 2 aromatic heterocycles. The first-order chi connectivity index (χ1) is 13.7. The lowest BCUT2D eigenvalue weighted by atomic mass is 10.2. The number of anilines is 3. The van der Waals surface area contributed by atoms with E-state index in [2.05, 4.69) is 25.6 Å². The second-order valence-electron chi connectivity index (χ2n) is 6.65. The number of hydrogen-bond donors (Lipinski definition) is 2. The fraction of sp³-hybridized carbons (Fsp3) is 0.238. The van der Waals surface area contributed by atoms with Gasteiger partial charge in [0.05, 0.1) is 0 Å². The van der Waals surface area contributed by atoms with E-state index in [4.69, 9.17) is 4.74 Å². The number of nitrogens with zero attached hydrogens (tertiary/aromatic N) is 3. The molecular formula is C21H21N5O2. The van der Waals surface area contributed by atoms with Gasteiger partial charge in [0.1, 0.15) is 11.9 Å². The third kappa shape index (κ3) is 4.32. The Hall–Kier alpha value is -3.32. The van der Waals surface area contributed by atoms with Crippen LogP contribution in [-0.4, -0.2) is 33.6 Å². The summed E-state index contributed by atoms with van der Waals surface area (Å²) in [7, 11) is 0. The van der Waals surface area contributed by atoms with Crippen LogP contribution in [0.2, 0.25) is 0 Å². The lowest BCUT2D eigenvalue weighted by Crippen LogP contribution is -2.26. The quantitative estimate of drug-likeness (QED) is 0.707. The number of carbonyl (C=O) groups is 1. The van der Waals surface area contributed by atoms with Gasteiger partial charge in [0, 0.05) is 47.7 Å². The Bertz CT molecular complexity index is 954. The van der Waals surface area contributed by atoms with E-state index < -0.39 is 0 Å². The van der Waals surface area contributed by atoms with Crippen LogP contribution >= 0.6 is 0 Å². The van der Waals surface area contributed by atoms with Gasteiger partial charge in [0.15, 0.2) is 5.82 Å². The molecule has 0 aliphatic carbocycles. The molecule has 1 fully saturated rings. The number of amides is 1. The fourth-order valence-electron chi connectivity index (χ4n) is 3.05. The monoisotopic (exact) mass is 375 g/mol. The molecule has 3 aromatic rings. The summed E-state index contributed by atoms with van der Waals surface area (Å²) < 4.78 is 5.41. The van der Waals surface area contributed by atoms with Crippen molar-refractivity contribution in [3.05, 3.63) is 60.6 Å². The van der Waals surface area contributed by atoms with E-state index in [9.17, 15) is 4.79 Å². The van der Waals surface area contributed by atoms with Crippen LogP contribution in [0.1, 0.15) is 18.5 Å². The predicted octanol–water partition coefficient (Wildman–Crippen LogP) is 3.71. The smallest absolute Gasteiger partial charge is 0.253 e. The van der Waals surface area contributed by atoms with Gasteiger partial charge in [-0.05, 0) is 56.2 Å². The SMILES string of the molecule is Cc1cc(Nc2ccc(NC(=O)C3CCCO3)cc2)nc(-c2ccncc2)n1. The molecule has 1 aliphatic heterocycles. The summed E-state index contributed by atoms with van der Waals surface area (Å²) in [4.78, 5) is 25.2. The number of carbonyl (C=O) groups excluding carboxylic acids is 1. The highest BCUT2D eigenvalue weighted by Gasteiger charge is 2.23. The van der Waals surface area contributed by atoms with Gasteiger partial charge in [-0.3, -0.25) is 9.78 Å². The van der Waals surface area contributed by atoms with Crippen molar-refractivity contribution in [1.29, 1.82) is 0 Å². The van der Waals surface area contributed by atoms with E-state index in [1.807, 2.05) is 49.4 Å². The van der Waals surface area contributed by atoms with Crippen molar-refractivity contribution in [2.24, 2.45) is 0 Å². The number of ether oxygens (including phenoxy) is 1. The van der Waals surface area contributed by atoms with Gasteiger partial charge in [0.25, 0.3) is 5.91 Å². The van der Waals surface area contributed by atoms with Crippen LogP contribution < -0.4 is 10.6 Å². The summed E-state index contributed by atoms with van der Waals surface area (Å²) in [5.74, 6) is 1.26.